The fraction of sp³-hybridized carbons (Fsp3) is 0.294. The fourth-order valence-corrected chi connectivity index (χ4v) is 2.72. The first-order valence-electron chi connectivity index (χ1n) is 7.66. The predicted molar refractivity (Wildman–Crippen MR) is 88.7 cm³/mol. The maximum absolute atomic E-state index is 11.7. The molecule has 22 heavy (non-hydrogen) atoms. The summed E-state index contributed by atoms with van der Waals surface area (Å²) in [6, 6.07) is 12.3. The van der Waals surface area contributed by atoms with Gasteiger partial charge in [-0.15, -0.1) is 0 Å². The highest BCUT2D eigenvalue weighted by Crippen LogP contribution is 2.28. The summed E-state index contributed by atoms with van der Waals surface area (Å²) >= 11 is 0. The molecule has 0 spiro atoms. The van der Waals surface area contributed by atoms with Crippen molar-refractivity contribution in [2.24, 2.45) is 0 Å². The molecule has 0 radical (unpaired) electrons. The molecule has 2 N–H and O–H groups in total. The van der Waals surface area contributed by atoms with Crippen molar-refractivity contribution in [2.75, 3.05) is 5.32 Å². The lowest BCUT2D eigenvalue weighted by molar-refractivity contribution is -0.116. The molecule has 3 aromatic rings. The monoisotopic (exact) mass is 296 g/mol. The Balaban J connectivity index is 1.94. The average molecular weight is 296 g/mol. The first kappa shape index (κ1) is 14.4. The van der Waals surface area contributed by atoms with E-state index in [1.54, 1.807) is 0 Å². The summed E-state index contributed by atoms with van der Waals surface area (Å²) < 4.78 is 2.24. The van der Waals surface area contributed by atoms with Gasteiger partial charge in [0.15, 0.2) is 5.82 Å². The number of fused-ring (bicyclic) bond motifs is 1. The molecule has 0 saturated heterocycles. The Kier molecular flexibility index (Phi) is 3.96. The van der Waals surface area contributed by atoms with Crippen LogP contribution in [0.3, 0.4) is 0 Å². The van der Waals surface area contributed by atoms with Gasteiger partial charge in [-0.1, -0.05) is 25.1 Å². The maximum Gasteiger partial charge on any atom is 0.225 e. The molecule has 0 unspecified atom stereocenters. The van der Waals surface area contributed by atoms with E-state index in [9.17, 15) is 4.79 Å². The van der Waals surface area contributed by atoms with Gasteiger partial charge in [-0.05, 0) is 25.5 Å². The van der Waals surface area contributed by atoms with Gasteiger partial charge in [0.1, 0.15) is 0 Å². The number of hydrogen-bond acceptors (Lipinski definition) is 2. The van der Waals surface area contributed by atoms with Crippen LogP contribution in [0.5, 0.6) is 0 Å². The number of H-pyrrole nitrogens is 1. The molecule has 2 aromatic heterocycles. The minimum absolute atomic E-state index is 0.00316. The summed E-state index contributed by atoms with van der Waals surface area (Å²) in [5.74, 6) is 0.568. The summed E-state index contributed by atoms with van der Waals surface area (Å²) in [4.78, 5) is 11.7. The second kappa shape index (κ2) is 6.05. The van der Waals surface area contributed by atoms with E-state index in [1.165, 1.54) is 10.9 Å². The van der Waals surface area contributed by atoms with Crippen LogP contribution in [0.25, 0.3) is 22.3 Å². The lowest BCUT2D eigenvalue weighted by Gasteiger charge is -2.05. The third kappa shape index (κ3) is 2.62. The Morgan fingerprint density at radius 2 is 2.09 bits per heavy atom. The van der Waals surface area contributed by atoms with Gasteiger partial charge in [0, 0.05) is 29.9 Å². The Morgan fingerprint density at radius 1 is 1.27 bits per heavy atom. The molecular weight excluding hydrogens is 276 g/mol. The number of amides is 1. The molecule has 0 fully saturated rings. The number of hydrogen-bond donors (Lipinski definition) is 2. The van der Waals surface area contributed by atoms with Gasteiger partial charge in [-0.25, -0.2) is 0 Å². The Morgan fingerprint density at radius 3 is 2.86 bits per heavy atom. The van der Waals surface area contributed by atoms with Crippen LogP contribution in [-0.4, -0.2) is 20.7 Å². The Bertz CT molecular complexity index is 800. The standard InChI is InChI=1S/C17H20N4O/c1-3-7-17(22)18-16-11-13(19-20-16)15-10-12-8-5-6-9-14(12)21(15)4-2/h5-6,8-11H,3-4,7H2,1-2H3,(H2,18,19,20,22). The zero-order valence-corrected chi connectivity index (χ0v) is 12.9. The van der Waals surface area contributed by atoms with Gasteiger partial charge in [0.2, 0.25) is 5.91 Å². The topological polar surface area (TPSA) is 62.7 Å². The minimum atomic E-state index is -0.00316. The van der Waals surface area contributed by atoms with Crippen molar-refractivity contribution in [3.8, 4) is 11.4 Å². The predicted octanol–water partition coefficient (Wildman–Crippen LogP) is 3.79. The first-order chi connectivity index (χ1) is 10.7. The summed E-state index contributed by atoms with van der Waals surface area (Å²) in [7, 11) is 0. The second-order valence-corrected chi connectivity index (χ2v) is 5.30. The average Bonchev–Trinajstić information content (AvgIpc) is 3.10. The molecule has 0 aliphatic rings. The highest BCUT2D eigenvalue weighted by Gasteiger charge is 2.12. The summed E-state index contributed by atoms with van der Waals surface area (Å²) in [5.41, 5.74) is 3.18. The van der Waals surface area contributed by atoms with E-state index in [4.69, 9.17) is 0 Å². The maximum atomic E-state index is 11.7. The number of anilines is 1. The number of nitrogens with one attached hydrogen (secondary N) is 2. The van der Waals surface area contributed by atoms with E-state index in [2.05, 4.69) is 45.2 Å². The third-order valence-corrected chi connectivity index (χ3v) is 3.73. The highest BCUT2D eigenvalue weighted by molar-refractivity contribution is 5.91. The third-order valence-electron chi connectivity index (χ3n) is 3.73. The largest absolute Gasteiger partial charge is 0.340 e. The normalized spacial score (nSPS) is 11.0. The molecule has 0 aliphatic carbocycles. The zero-order valence-electron chi connectivity index (χ0n) is 12.9. The number of aromatic amines is 1. The van der Waals surface area contributed by atoms with Crippen LogP contribution in [-0.2, 0) is 11.3 Å². The summed E-state index contributed by atoms with van der Waals surface area (Å²) in [5, 5.41) is 11.2. The van der Waals surface area contributed by atoms with E-state index in [-0.39, 0.29) is 5.91 Å². The van der Waals surface area contributed by atoms with Gasteiger partial charge < -0.3 is 9.88 Å². The lowest BCUT2D eigenvalue weighted by Crippen LogP contribution is -2.10. The van der Waals surface area contributed by atoms with Crippen LogP contribution >= 0.6 is 0 Å². The van der Waals surface area contributed by atoms with Crippen LogP contribution in [0.1, 0.15) is 26.7 Å². The van der Waals surface area contributed by atoms with Crippen molar-refractivity contribution in [1.82, 2.24) is 14.8 Å². The SMILES string of the molecule is CCCC(=O)Nc1cc(-c2cc3ccccc3n2CC)[nH]n1. The molecule has 5 heteroatoms. The zero-order chi connectivity index (χ0) is 15.5. The van der Waals surface area contributed by atoms with E-state index < -0.39 is 0 Å². The van der Waals surface area contributed by atoms with Crippen LogP contribution in [0.4, 0.5) is 5.82 Å². The van der Waals surface area contributed by atoms with E-state index in [1.807, 2.05) is 25.1 Å². The molecular formula is C17H20N4O. The molecule has 2 heterocycles. The molecule has 0 aliphatic heterocycles. The van der Waals surface area contributed by atoms with Crippen molar-refractivity contribution in [3.63, 3.8) is 0 Å². The van der Waals surface area contributed by atoms with Crippen LogP contribution in [0, 0.1) is 0 Å². The number of benzene rings is 1. The molecule has 1 amide bonds. The summed E-state index contributed by atoms with van der Waals surface area (Å²) in [6.07, 6.45) is 1.34. The molecule has 0 atom stereocenters. The molecule has 114 valence electrons. The smallest absolute Gasteiger partial charge is 0.225 e. The van der Waals surface area contributed by atoms with Crippen LogP contribution in [0.2, 0.25) is 0 Å². The second-order valence-electron chi connectivity index (χ2n) is 5.30. The number of nitrogens with zero attached hydrogens (tertiary/aromatic N) is 2. The van der Waals surface area contributed by atoms with E-state index in [0.29, 0.717) is 12.2 Å². The molecule has 0 bridgehead atoms. The van der Waals surface area contributed by atoms with Gasteiger partial charge in [0.25, 0.3) is 0 Å². The van der Waals surface area contributed by atoms with Crippen molar-refractivity contribution in [3.05, 3.63) is 36.4 Å². The van der Waals surface area contributed by atoms with Gasteiger partial charge in [0.05, 0.1) is 11.4 Å². The van der Waals surface area contributed by atoms with Crippen molar-refractivity contribution < 1.29 is 4.79 Å². The first-order valence-corrected chi connectivity index (χ1v) is 7.66. The van der Waals surface area contributed by atoms with Gasteiger partial charge >= 0.3 is 0 Å². The number of rotatable bonds is 5. The molecule has 0 saturated carbocycles. The minimum Gasteiger partial charge on any atom is -0.340 e. The van der Waals surface area contributed by atoms with Crippen LogP contribution in [0.15, 0.2) is 36.4 Å². The number of aromatic nitrogens is 3. The number of carbonyl (C=O) groups excluding carboxylic acids is 1. The van der Waals surface area contributed by atoms with Crippen molar-refractivity contribution in [1.29, 1.82) is 0 Å². The number of carbonyl (C=O) groups is 1. The Labute approximate surface area is 129 Å². The summed E-state index contributed by atoms with van der Waals surface area (Å²) in [6.45, 7) is 4.98. The van der Waals surface area contributed by atoms with Gasteiger partial charge in [-0.3, -0.25) is 9.89 Å². The molecule has 5 nitrogen and oxygen atoms in total. The lowest BCUT2D eigenvalue weighted by atomic mass is 10.2. The highest BCUT2D eigenvalue weighted by atomic mass is 16.1. The van der Waals surface area contributed by atoms with E-state index in [0.717, 1.165) is 24.4 Å². The van der Waals surface area contributed by atoms with E-state index >= 15 is 0 Å². The Hall–Kier alpha value is -2.56. The number of para-hydroxylation sites is 1. The number of aryl methyl sites for hydroxylation is 1. The fourth-order valence-electron chi connectivity index (χ4n) is 2.72. The molecule has 1 aromatic carbocycles. The van der Waals surface area contributed by atoms with Crippen molar-refractivity contribution in [2.45, 2.75) is 33.2 Å². The molecule has 3 rings (SSSR count). The van der Waals surface area contributed by atoms with Crippen LogP contribution < -0.4 is 5.32 Å². The quantitative estimate of drug-likeness (QED) is 0.752. The van der Waals surface area contributed by atoms with Gasteiger partial charge in [-0.2, -0.15) is 5.10 Å². The van der Waals surface area contributed by atoms with Crippen molar-refractivity contribution >= 4 is 22.6 Å².